The van der Waals surface area contributed by atoms with Gasteiger partial charge in [-0.05, 0) is 6.07 Å². The molecule has 68 valence electrons. The molecule has 0 amide bonds. The molecule has 0 unspecified atom stereocenters. The second-order valence-corrected chi connectivity index (χ2v) is 2.27. The van der Waals surface area contributed by atoms with Gasteiger partial charge in [0.05, 0.1) is 5.52 Å². The number of hydrogen-bond donors (Lipinski definition) is 1. The van der Waals surface area contributed by atoms with E-state index in [1.807, 2.05) is 38.1 Å². The van der Waals surface area contributed by atoms with Gasteiger partial charge in [-0.15, -0.1) is 0 Å². The van der Waals surface area contributed by atoms with E-state index in [4.69, 9.17) is 0 Å². The van der Waals surface area contributed by atoms with Crippen molar-refractivity contribution in [1.82, 2.24) is 10.2 Å². The van der Waals surface area contributed by atoms with Crippen molar-refractivity contribution in [3.63, 3.8) is 0 Å². The first kappa shape index (κ1) is 9.45. The van der Waals surface area contributed by atoms with E-state index in [-0.39, 0.29) is 0 Å². The van der Waals surface area contributed by atoms with Crippen LogP contribution in [0, 0.1) is 0 Å². The van der Waals surface area contributed by atoms with Gasteiger partial charge in [-0.25, -0.2) is 0 Å². The summed E-state index contributed by atoms with van der Waals surface area (Å²) in [5.41, 5.74) is 1.37. The molecule has 0 bridgehead atoms. The molecule has 1 aromatic carbocycles. The Morgan fingerprint density at radius 2 is 2.00 bits per heavy atom. The molecule has 13 heavy (non-hydrogen) atoms. The van der Waals surface area contributed by atoms with Crippen LogP contribution in [-0.2, 0) is 0 Å². The van der Waals surface area contributed by atoms with Gasteiger partial charge in [-0.2, -0.15) is 5.10 Å². The third-order valence-corrected chi connectivity index (χ3v) is 1.61. The SMILES string of the molecule is CC.O=Cc1[nH]nc2ccccc12. The zero-order valence-corrected chi connectivity index (χ0v) is 7.74. The maximum Gasteiger partial charge on any atom is 0.168 e. The molecule has 0 spiro atoms. The molecule has 0 saturated heterocycles. The Morgan fingerprint density at radius 3 is 2.69 bits per heavy atom. The van der Waals surface area contributed by atoms with Crippen molar-refractivity contribution >= 4 is 17.2 Å². The average molecular weight is 176 g/mol. The Balaban J connectivity index is 0.000000396. The van der Waals surface area contributed by atoms with Crippen LogP contribution in [0.4, 0.5) is 0 Å². The number of hydrogen-bond acceptors (Lipinski definition) is 2. The molecule has 0 atom stereocenters. The molecule has 2 rings (SSSR count). The molecule has 0 saturated carbocycles. The monoisotopic (exact) mass is 176 g/mol. The number of aromatic amines is 1. The van der Waals surface area contributed by atoms with Gasteiger partial charge in [0.2, 0.25) is 0 Å². The van der Waals surface area contributed by atoms with E-state index in [9.17, 15) is 4.79 Å². The van der Waals surface area contributed by atoms with Crippen LogP contribution < -0.4 is 0 Å². The summed E-state index contributed by atoms with van der Waals surface area (Å²) in [6.07, 6.45) is 0.773. The molecular formula is C10H12N2O. The normalized spacial score (nSPS) is 9.08. The number of nitrogens with zero attached hydrogens (tertiary/aromatic N) is 1. The van der Waals surface area contributed by atoms with E-state index in [1.165, 1.54) is 0 Å². The van der Waals surface area contributed by atoms with Crippen molar-refractivity contribution < 1.29 is 4.79 Å². The zero-order valence-electron chi connectivity index (χ0n) is 7.74. The van der Waals surface area contributed by atoms with E-state index in [0.29, 0.717) is 5.69 Å². The minimum atomic E-state index is 0.542. The van der Waals surface area contributed by atoms with Crippen molar-refractivity contribution in [2.45, 2.75) is 13.8 Å². The second kappa shape index (κ2) is 4.40. The first-order valence-corrected chi connectivity index (χ1v) is 4.30. The van der Waals surface area contributed by atoms with Gasteiger partial charge in [0.15, 0.2) is 6.29 Å². The molecule has 0 aliphatic carbocycles. The zero-order chi connectivity index (χ0) is 9.68. The van der Waals surface area contributed by atoms with Gasteiger partial charge in [-0.3, -0.25) is 9.89 Å². The summed E-state index contributed by atoms with van der Waals surface area (Å²) < 4.78 is 0. The average Bonchev–Trinajstić information content (AvgIpc) is 2.64. The highest BCUT2D eigenvalue weighted by atomic mass is 16.1. The van der Waals surface area contributed by atoms with E-state index in [0.717, 1.165) is 17.2 Å². The smallest absolute Gasteiger partial charge is 0.168 e. The highest BCUT2D eigenvalue weighted by Gasteiger charge is 2.00. The van der Waals surface area contributed by atoms with Gasteiger partial charge < -0.3 is 0 Å². The summed E-state index contributed by atoms with van der Waals surface area (Å²) in [4.78, 5) is 10.4. The maximum absolute atomic E-state index is 10.4. The summed E-state index contributed by atoms with van der Waals surface area (Å²) in [5, 5.41) is 7.46. The molecule has 3 nitrogen and oxygen atoms in total. The lowest BCUT2D eigenvalue weighted by Crippen LogP contribution is -1.77. The maximum atomic E-state index is 10.4. The number of aldehydes is 1. The molecule has 0 fully saturated rings. The van der Waals surface area contributed by atoms with Crippen LogP contribution in [0.5, 0.6) is 0 Å². The fraction of sp³-hybridized carbons (Fsp3) is 0.200. The minimum absolute atomic E-state index is 0.542. The van der Waals surface area contributed by atoms with Crippen molar-refractivity contribution in [3.8, 4) is 0 Å². The Hall–Kier alpha value is -1.64. The lowest BCUT2D eigenvalue weighted by atomic mass is 10.2. The number of carbonyl (C=O) groups excluding carboxylic acids is 1. The number of rotatable bonds is 1. The van der Waals surface area contributed by atoms with Gasteiger partial charge in [-0.1, -0.05) is 32.0 Å². The topological polar surface area (TPSA) is 45.8 Å². The summed E-state index contributed by atoms with van der Waals surface area (Å²) in [6, 6.07) is 7.49. The van der Waals surface area contributed by atoms with Crippen molar-refractivity contribution in [2.24, 2.45) is 0 Å². The molecular weight excluding hydrogens is 164 g/mol. The van der Waals surface area contributed by atoms with E-state index >= 15 is 0 Å². The largest absolute Gasteiger partial charge is 0.296 e. The summed E-state index contributed by atoms with van der Waals surface area (Å²) in [5.74, 6) is 0. The Labute approximate surface area is 76.8 Å². The predicted octanol–water partition coefficient (Wildman–Crippen LogP) is 2.40. The van der Waals surface area contributed by atoms with Gasteiger partial charge in [0.1, 0.15) is 5.69 Å². The Bertz CT molecular complexity index is 392. The van der Waals surface area contributed by atoms with E-state index < -0.39 is 0 Å². The van der Waals surface area contributed by atoms with Crippen LogP contribution >= 0.6 is 0 Å². The van der Waals surface area contributed by atoms with E-state index in [1.54, 1.807) is 0 Å². The molecule has 0 aliphatic heterocycles. The van der Waals surface area contributed by atoms with E-state index in [2.05, 4.69) is 10.2 Å². The molecule has 3 heteroatoms. The molecule has 0 aliphatic rings. The Morgan fingerprint density at radius 1 is 1.31 bits per heavy atom. The molecule has 0 radical (unpaired) electrons. The van der Waals surface area contributed by atoms with Gasteiger partial charge in [0, 0.05) is 5.39 Å². The number of H-pyrrole nitrogens is 1. The van der Waals surface area contributed by atoms with Crippen LogP contribution in [0.2, 0.25) is 0 Å². The first-order chi connectivity index (χ1) is 6.42. The third-order valence-electron chi connectivity index (χ3n) is 1.61. The Kier molecular flexibility index (Phi) is 3.20. The fourth-order valence-electron chi connectivity index (χ4n) is 1.07. The lowest BCUT2D eigenvalue weighted by Gasteiger charge is -1.83. The number of aromatic nitrogens is 2. The molecule has 1 aromatic heterocycles. The third kappa shape index (κ3) is 1.75. The summed E-state index contributed by atoms with van der Waals surface area (Å²) >= 11 is 0. The molecule has 2 aromatic rings. The number of nitrogens with one attached hydrogen (secondary N) is 1. The summed E-state index contributed by atoms with van der Waals surface area (Å²) in [7, 11) is 0. The van der Waals surface area contributed by atoms with Crippen molar-refractivity contribution in [1.29, 1.82) is 0 Å². The minimum Gasteiger partial charge on any atom is -0.296 e. The van der Waals surface area contributed by atoms with Crippen LogP contribution in [0.25, 0.3) is 10.9 Å². The second-order valence-electron chi connectivity index (χ2n) is 2.27. The predicted molar refractivity (Wildman–Crippen MR) is 52.8 cm³/mol. The van der Waals surface area contributed by atoms with Crippen LogP contribution in [0.3, 0.4) is 0 Å². The van der Waals surface area contributed by atoms with Crippen molar-refractivity contribution in [2.75, 3.05) is 0 Å². The molecule has 1 N–H and O–H groups in total. The molecule has 1 heterocycles. The number of fused-ring (bicyclic) bond motifs is 1. The quantitative estimate of drug-likeness (QED) is 0.678. The van der Waals surface area contributed by atoms with Gasteiger partial charge >= 0.3 is 0 Å². The van der Waals surface area contributed by atoms with Crippen molar-refractivity contribution in [3.05, 3.63) is 30.0 Å². The summed E-state index contributed by atoms with van der Waals surface area (Å²) in [6.45, 7) is 4.00. The number of carbonyl (C=O) groups is 1. The fourth-order valence-corrected chi connectivity index (χ4v) is 1.07. The van der Waals surface area contributed by atoms with Crippen LogP contribution in [0.1, 0.15) is 24.3 Å². The highest BCUT2D eigenvalue weighted by Crippen LogP contribution is 2.12. The standard InChI is InChI=1S/C8H6N2O.C2H6/c11-5-8-6-3-1-2-4-7(6)9-10-8;1-2/h1-5H,(H,9,10);1-2H3. The highest BCUT2D eigenvalue weighted by molar-refractivity contribution is 5.94. The number of para-hydroxylation sites is 1. The van der Waals surface area contributed by atoms with Crippen LogP contribution in [-0.4, -0.2) is 16.5 Å². The van der Waals surface area contributed by atoms with Crippen LogP contribution in [0.15, 0.2) is 24.3 Å². The lowest BCUT2D eigenvalue weighted by molar-refractivity contribution is 0.112. The van der Waals surface area contributed by atoms with Gasteiger partial charge in [0.25, 0.3) is 0 Å². The first-order valence-electron chi connectivity index (χ1n) is 4.30. The number of benzene rings is 1.